The van der Waals surface area contributed by atoms with Gasteiger partial charge in [-0.1, -0.05) is 35.9 Å². The van der Waals surface area contributed by atoms with Crippen molar-refractivity contribution >= 4 is 23.0 Å². The molecule has 0 amide bonds. The third-order valence-electron chi connectivity index (χ3n) is 5.35. The molecule has 1 fully saturated rings. The van der Waals surface area contributed by atoms with Crippen molar-refractivity contribution in [1.82, 2.24) is 0 Å². The van der Waals surface area contributed by atoms with Gasteiger partial charge in [-0.2, -0.15) is 0 Å². The third kappa shape index (κ3) is 4.95. The molecule has 0 spiro atoms. The van der Waals surface area contributed by atoms with Crippen LogP contribution in [0.4, 0.5) is 11.4 Å². The molecule has 1 aliphatic heterocycles. The SMILES string of the molecule is COc1ccc(COc2cc(-c3ccc(N4CCOCC4)cc3)c(Cl)cc2[N+](=O)[O-])cc1. The quantitative estimate of drug-likeness (QED) is 0.354. The van der Waals surface area contributed by atoms with Gasteiger partial charge in [-0.3, -0.25) is 10.1 Å². The van der Waals surface area contributed by atoms with Gasteiger partial charge in [-0.05, 0) is 41.5 Å². The fourth-order valence-electron chi connectivity index (χ4n) is 3.58. The topological polar surface area (TPSA) is 74.1 Å². The number of halogens is 1. The Morgan fingerprint density at radius 1 is 1.06 bits per heavy atom. The van der Waals surface area contributed by atoms with E-state index in [0.29, 0.717) is 23.8 Å². The van der Waals surface area contributed by atoms with E-state index in [0.717, 1.165) is 35.7 Å². The largest absolute Gasteiger partial charge is 0.497 e. The molecule has 3 aromatic carbocycles. The van der Waals surface area contributed by atoms with E-state index in [9.17, 15) is 10.1 Å². The number of ether oxygens (including phenoxy) is 3. The number of hydrogen-bond acceptors (Lipinski definition) is 6. The van der Waals surface area contributed by atoms with Crippen molar-refractivity contribution in [2.45, 2.75) is 6.61 Å². The molecule has 166 valence electrons. The van der Waals surface area contributed by atoms with E-state index < -0.39 is 4.92 Å². The predicted octanol–water partition coefficient (Wildman–Crippen LogP) is 5.34. The maximum absolute atomic E-state index is 11.6. The predicted molar refractivity (Wildman–Crippen MR) is 124 cm³/mol. The van der Waals surface area contributed by atoms with Crippen molar-refractivity contribution in [1.29, 1.82) is 0 Å². The molecule has 3 aromatic rings. The lowest BCUT2D eigenvalue weighted by Crippen LogP contribution is -2.36. The fraction of sp³-hybridized carbons (Fsp3) is 0.250. The lowest BCUT2D eigenvalue weighted by molar-refractivity contribution is -0.385. The highest BCUT2D eigenvalue weighted by Crippen LogP contribution is 2.39. The van der Waals surface area contributed by atoms with Gasteiger partial charge >= 0.3 is 5.69 Å². The molecule has 7 nitrogen and oxygen atoms in total. The Bertz CT molecular complexity index is 1080. The van der Waals surface area contributed by atoms with E-state index in [2.05, 4.69) is 4.90 Å². The summed E-state index contributed by atoms with van der Waals surface area (Å²) < 4.78 is 16.4. The summed E-state index contributed by atoms with van der Waals surface area (Å²) in [5, 5.41) is 11.9. The number of methoxy groups -OCH3 is 1. The number of morpholine rings is 1. The number of nitro groups is 1. The second kappa shape index (κ2) is 9.89. The van der Waals surface area contributed by atoms with Crippen LogP contribution in [0.25, 0.3) is 11.1 Å². The minimum absolute atomic E-state index is 0.169. The van der Waals surface area contributed by atoms with Gasteiger partial charge in [-0.25, -0.2) is 0 Å². The highest BCUT2D eigenvalue weighted by Gasteiger charge is 2.20. The normalized spacial score (nSPS) is 13.6. The van der Waals surface area contributed by atoms with Crippen LogP contribution in [-0.2, 0) is 11.3 Å². The smallest absolute Gasteiger partial charge is 0.312 e. The highest BCUT2D eigenvalue weighted by atomic mass is 35.5. The van der Waals surface area contributed by atoms with Crippen molar-refractivity contribution in [2.24, 2.45) is 0 Å². The molecule has 0 N–H and O–H groups in total. The zero-order valence-electron chi connectivity index (χ0n) is 17.6. The Kier molecular flexibility index (Phi) is 6.78. The fourth-order valence-corrected chi connectivity index (χ4v) is 3.85. The summed E-state index contributed by atoms with van der Waals surface area (Å²) in [7, 11) is 1.59. The minimum Gasteiger partial charge on any atom is -0.497 e. The number of nitro benzene ring substituents is 1. The van der Waals surface area contributed by atoms with E-state index >= 15 is 0 Å². The first kappa shape index (κ1) is 21.9. The van der Waals surface area contributed by atoms with E-state index in [1.54, 1.807) is 13.2 Å². The molecule has 0 unspecified atom stereocenters. The summed E-state index contributed by atoms with van der Waals surface area (Å²) in [4.78, 5) is 13.3. The number of hydrogen-bond donors (Lipinski definition) is 0. The van der Waals surface area contributed by atoms with Crippen molar-refractivity contribution in [3.05, 3.63) is 81.4 Å². The Labute approximate surface area is 191 Å². The Morgan fingerprint density at radius 3 is 2.38 bits per heavy atom. The molecule has 32 heavy (non-hydrogen) atoms. The molecular weight excluding hydrogens is 432 g/mol. The number of rotatable bonds is 7. The van der Waals surface area contributed by atoms with Crippen molar-refractivity contribution in [2.75, 3.05) is 38.3 Å². The lowest BCUT2D eigenvalue weighted by Gasteiger charge is -2.29. The first-order valence-electron chi connectivity index (χ1n) is 10.2. The van der Waals surface area contributed by atoms with Crippen LogP contribution in [0.1, 0.15) is 5.56 Å². The van der Waals surface area contributed by atoms with Crippen LogP contribution in [-0.4, -0.2) is 38.3 Å². The monoisotopic (exact) mass is 454 g/mol. The van der Waals surface area contributed by atoms with Gasteiger partial charge in [0.2, 0.25) is 0 Å². The van der Waals surface area contributed by atoms with Crippen LogP contribution >= 0.6 is 11.6 Å². The van der Waals surface area contributed by atoms with E-state index in [-0.39, 0.29) is 18.0 Å². The molecule has 0 aromatic heterocycles. The summed E-state index contributed by atoms with van der Waals surface area (Å²) in [6.45, 7) is 3.31. The molecule has 1 saturated heterocycles. The molecule has 1 heterocycles. The first-order valence-corrected chi connectivity index (χ1v) is 10.6. The maximum Gasteiger partial charge on any atom is 0.312 e. The lowest BCUT2D eigenvalue weighted by atomic mass is 10.0. The van der Waals surface area contributed by atoms with Gasteiger partial charge in [0.05, 0.1) is 30.3 Å². The van der Waals surface area contributed by atoms with Crippen LogP contribution < -0.4 is 14.4 Å². The van der Waals surface area contributed by atoms with Crippen LogP contribution in [0.2, 0.25) is 5.02 Å². The Balaban J connectivity index is 1.58. The van der Waals surface area contributed by atoms with E-state index in [1.165, 1.54) is 6.07 Å². The van der Waals surface area contributed by atoms with Gasteiger partial charge in [0.1, 0.15) is 12.4 Å². The number of benzene rings is 3. The van der Waals surface area contributed by atoms with Crippen LogP contribution in [0.15, 0.2) is 60.7 Å². The second-order valence-corrected chi connectivity index (χ2v) is 7.75. The third-order valence-corrected chi connectivity index (χ3v) is 5.67. The molecule has 0 bridgehead atoms. The van der Waals surface area contributed by atoms with Gasteiger partial charge < -0.3 is 19.1 Å². The molecule has 0 saturated carbocycles. The van der Waals surface area contributed by atoms with E-state index in [4.69, 9.17) is 25.8 Å². The van der Waals surface area contributed by atoms with Crippen LogP contribution in [0, 0.1) is 10.1 Å². The molecular formula is C24H23ClN2O5. The van der Waals surface area contributed by atoms with Crippen LogP contribution in [0.3, 0.4) is 0 Å². The molecule has 4 rings (SSSR count). The van der Waals surface area contributed by atoms with E-state index in [1.807, 2.05) is 48.5 Å². The molecule has 0 aliphatic carbocycles. The number of anilines is 1. The van der Waals surface area contributed by atoms with Gasteiger partial charge in [0.25, 0.3) is 0 Å². The maximum atomic E-state index is 11.6. The van der Waals surface area contributed by atoms with Gasteiger partial charge in [0.15, 0.2) is 5.75 Å². The van der Waals surface area contributed by atoms with Gasteiger partial charge in [-0.15, -0.1) is 0 Å². The van der Waals surface area contributed by atoms with Crippen molar-refractivity contribution in [3.63, 3.8) is 0 Å². The average molecular weight is 455 g/mol. The Morgan fingerprint density at radius 2 is 1.75 bits per heavy atom. The summed E-state index contributed by atoms with van der Waals surface area (Å²) in [6.07, 6.45) is 0. The average Bonchev–Trinajstić information content (AvgIpc) is 2.84. The van der Waals surface area contributed by atoms with Gasteiger partial charge in [0, 0.05) is 30.4 Å². The highest BCUT2D eigenvalue weighted by molar-refractivity contribution is 6.33. The second-order valence-electron chi connectivity index (χ2n) is 7.34. The van der Waals surface area contributed by atoms with Crippen molar-refractivity contribution < 1.29 is 19.1 Å². The molecule has 8 heteroatoms. The molecule has 0 atom stereocenters. The number of nitrogens with zero attached hydrogens (tertiary/aromatic N) is 2. The summed E-state index contributed by atoms with van der Waals surface area (Å²) in [5.74, 6) is 0.900. The zero-order chi connectivity index (χ0) is 22.5. The zero-order valence-corrected chi connectivity index (χ0v) is 18.4. The summed E-state index contributed by atoms with van der Waals surface area (Å²) >= 11 is 6.42. The van der Waals surface area contributed by atoms with Crippen molar-refractivity contribution in [3.8, 4) is 22.6 Å². The summed E-state index contributed by atoms with van der Waals surface area (Å²) in [6, 6.07) is 18.3. The molecule has 1 aliphatic rings. The Hall–Kier alpha value is -3.29. The summed E-state index contributed by atoms with van der Waals surface area (Å²) in [5.41, 5.74) is 3.33. The standard InChI is InChI=1S/C24H23ClN2O5/c1-30-20-8-2-17(3-9-20)16-32-24-14-21(22(25)15-23(24)27(28)29)18-4-6-19(7-5-18)26-10-12-31-13-11-26/h2-9,14-15H,10-13,16H2,1H3. The molecule has 0 radical (unpaired) electrons. The first-order chi connectivity index (χ1) is 15.5. The minimum atomic E-state index is -0.486. The van der Waals surface area contributed by atoms with Crippen LogP contribution in [0.5, 0.6) is 11.5 Å².